The molecule has 0 aromatic carbocycles. The molecular formula is C13H26N2O4. The summed E-state index contributed by atoms with van der Waals surface area (Å²) >= 11 is 0. The smallest absolute Gasteiger partial charge is 0.408 e. The van der Waals surface area contributed by atoms with Crippen LogP contribution in [-0.4, -0.2) is 36.4 Å². The van der Waals surface area contributed by atoms with E-state index in [1.165, 1.54) is 0 Å². The van der Waals surface area contributed by atoms with E-state index in [0.29, 0.717) is 19.6 Å². The largest absolute Gasteiger partial charge is 0.444 e. The summed E-state index contributed by atoms with van der Waals surface area (Å²) in [5, 5.41) is 2.78. The lowest BCUT2D eigenvalue weighted by atomic mass is 10.0. The highest BCUT2D eigenvalue weighted by molar-refractivity contribution is 5.73. The van der Waals surface area contributed by atoms with Gasteiger partial charge >= 0.3 is 6.09 Å². The topological polar surface area (TPSA) is 90.6 Å². The SMILES string of the molecule is CC(C)(CCOCCC(N)=O)NC(=O)OC(C)(C)C. The van der Waals surface area contributed by atoms with Crippen molar-refractivity contribution in [1.29, 1.82) is 0 Å². The van der Waals surface area contributed by atoms with Crippen LogP contribution in [0.5, 0.6) is 0 Å². The van der Waals surface area contributed by atoms with Crippen molar-refractivity contribution in [2.45, 2.75) is 58.6 Å². The third-order valence-corrected chi connectivity index (χ3v) is 2.20. The molecule has 112 valence electrons. The molecule has 2 amide bonds. The molecule has 19 heavy (non-hydrogen) atoms. The molecule has 3 N–H and O–H groups in total. The minimum atomic E-state index is -0.516. The normalized spacial score (nSPS) is 12.1. The Morgan fingerprint density at radius 2 is 1.68 bits per heavy atom. The summed E-state index contributed by atoms with van der Waals surface area (Å²) in [5.74, 6) is -0.383. The van der Waals surface area contributed by atoms with E-state index >= 15 is 0 Å². The zero-order valence-electron chi connectivity index (χ0n) is 12.5. The van der Waals surface area contributed by atoms with Crippen molar-refractivity contribution in [1.82, 2.24) is 5.32 Å². The Hall–Kier alpha value is -1.30. The predicted octanol–water partition coefficient (Wildman–Crippen LogP) is 1.57. The molecule has 0 radical (unpaired) electrons. The number of primary amides is 1. The molecule has 0 rings (SSSR count). The molecule has 0 saturated heterocycles. The van der Waals surface area contributed by atoms with Gasteiger partial charge in [-0.3, -0.25) is 4.79 Å². The van der Waals surface area contributed by atoms with Gasteiger partial charge in [0.15, 0.2) is 0 Å². The lowest BCUT2D eigenvalue weighted by Crippen LogP contribution is -2.46. The standard InChI is InChI=1S/C13H26N2O4/c1-12(2,3)19-11(17)15-13(4,5)7-9-18-8-6-10(14)16/h6-9H2,1-5H3,(H2,14,16)(H,15,17). The third kappa shape index (κ3) is 11.5. The number of rotatable bonds is 7. The monoisotopic (exact) mass is 274 g/mol. The van der Waals surface area contributed by atoms with E-state index in [2.05, 4.69) is 5.32 Å². The lowest BCUT2D eigenvalue weighted by Gasteiger charge is -2.28. The van der Waals surface area contributed by atoms with Crippen molar-refractivity contribution >= 4 is 12.0 Å². The van der Waals surface area contributed by atoms with E-state index in [0.717, 1.165) is 0 Å². The minimum Gasteiger partial charge on any atom is -0.444 e. The van der Waals surface area contributed by atoms with E-state index in [1.54, 1.807) is 0 Å². The molecule has 0 bridgehead atoms. The number of nitrogens with one attached hydrogen (secondary N) is 1. The van der Waals surface area contributed by atoms with E-state index in [4.69, 9.17) is 15.2 Å². The minimum absolute atomic E-state index is 0.208. The number of nitrogens with two attached hydrogens (primary N) is 1. The average Bonchev–Trinajstić information content (AvgIpc) is 2.11. The van der Waals surface area contributed by atoms with Crippen LogP contribution in [-0.2, 0) is 14.3 Å². The zero-order valence-corrected chi connectivity index (χ0v) is 12.5. The summed E-state index contributed by atoms with van der Waals surface area (Å²) in [6, 6.07) is 0. The van der Waals surface area contributed by atoms with Crippen molar-refractivity contribution in [3.8, 4) is 0 Å². The van der Waals surface area contributed by atoms with E-state index < -0.39 is 17.2 Å². The van der Waals surface area contributed by atoms with Crippen molar-refractivity contribution in [3.63, 3.8) is 0 Å². The maximum atomic E-state index is 11.6. The summed E-state index contributed by atoms with van der Waals surface area (Å²) in [6.07, 6.45) is 0.375. The van der Waals surface area contributed by atoms with Crippen LogP contribution in [0.3, 0.4) is 0 Å². The van der Waals surface area contributed by atoms with Gasteiger partial charge in [-0.15, -0.1) is 0 Å². The van der Waals surface area contributed by atoms with Gasteiger partial charge in [0.25, 0.3) is 0 Å². The number of ether oxygens (including phenoxy) is 2. The molecule has 0 aliphatic rings. The second-order valence-electron chi connectivity index (χ2n) is 6.09. The van der Waals surface area contributed by atoms with Gasteiger partial charge in [-0.25, -0.2) is 4.79 Å². The first-order chi connectivity index (χ1) is 8.52. The molecule has 6 nitrogen and oxygen atoms in total. The highest BCUT2D eigenvalue weighted by Gasteiger charge is 2.24. The summed E-state index contributed by atoms with van der Waals surface area (Å²) < 4.78 is 10.5. The number of hydrogen-bond donors (Lipinski definition) is 2. The van der Waals surface area contributed by atoms with Crippen LogP contribution in [0.2, 0.25) is 0 Å². The molecule has 0 unspecified atom stereocenters. The van der Waals surface area contributed by atoms with Crippen LogP contribution in [0.4, 0.5) is 4.79 Å². The zero-order chi connectivity index (χ0) is 15.1. The van der Waals surface area contributed by atoms with E-state index in [-0.39, 0.29) is 12.3 Å². The molecule has 0 aliphatic carbocycles. The highest BCUT2D eigenvalue weighted by Crippen LogP contribution is 2.12. The Labute approximate surface area is 115 Å². The Kier molecular flexibility index (Phi) is 6.83. The average molecular weight is 274 g/mol. The number of hydrogen-bond acceptors (Lipinski definition) is 4. The molecule has 0 heterocycles. The third-order valence-electron chi connectivity index (χ3n) is 2.20. The van der Waals surface area contributed by atoms with Gasteiger partial charge in [0.2, 0.25) is 5.91 Å². The van der Waals surface area contributed by atoms with E-state index in [1.807, 2.05) is 34.6 Å². The Balaban J connectivity index is 3.91. The van der Waals surface area contributed by atoms with Gasteiger partial charge < -0.3 is 20.5 Å². The van der Waals surface area contributed by atoms with Crippen molar-refractivity contribution < 1.29 is 19.1 Å². The summed E-state index contributed by atoms with van der Waals surface area (Å²) in [4.78, 5) is 22.1. The molecule has 0 atom stereocenters. The molecule has 0 aromatic heterocycles. The quantitative estimate of drug-likeness (QED) is 0.689. The second-order valence-corrected chi connectivity index (χ2v) is 6.09. The van der Waals surface area contributed by atoms with Crippen LogP contribution in [0.1, 0.15) is 47.5 Å². The molecule has 6 heteroatoms. The Morgan fingerprint density at radius 3 is 2.16 bits per heavy atom. The number of alkyl carbamates (subject to hydrolysis) is 1. The Morgan fingerprint density at radius 1 is 1.11 bits per heavy atom. The first-order valence-corrected chi connectivity index (χ1v) is 6.39. The van der Waals surface area contributed by atoms with Crippen LogP contribution in [0.15, 0.2) is 0 Å². The number of carbonyl (C=O) groups is 2. The lowest BCUT2D eigenvalue weighted by molar-refractivity contribution is -0.119. The van der Waals surface area contributed by atoms with Gasteiger partial charge in [-0.05, 0) is 41.0 Å². The molecule has 0 saturated carbocycles. The highest BCUT2D eigenvalue weighted by atomic mass is 16.6. The first kappa shape index (κ1) is 17.7. The van der Waals surface area contributed by atoms with Gasteiger partial charge in [0, 0.05) is 18.6 Å². The Bertz CT molecular complexity index is 308. The summed E-state index contributed by atoms with van der Waals surface area (Å²) in [5.41, 5.74) is 4.04. The maximum Gasteiger partial charge on any atom is 0.408 e. The fourth-order valence-electron chi connectivity index (χ4n) is 1.24. The fourth-order valence-corrected chi connectivity index (χ4v) is 1.24. The first-order valence-electron chi connectivity index (χ1n) is 6.39. The van der Waals surface area contributed by atoms with E-state index in [9.17, 15) is 9.59 Å². The fraction of sp³-hybridized carbons (Fsp3) is 0.846. The van der Waals surface area contributed by atoms with Crippen LogP contribution >= 0.6 is 0 Å². The predicted molar refractivity (Wildman–Crippen MR) is 72.7 cm³/mol. The summed E-state index contributed by atoms with van der Waals surface area (Å²) in [7, 11) is 0. The van der Waals surface area contributed by atoms with Crippen LogP contribution < -0.4 is 11.1 Å². The maximum absolute atomic E-state index is 11.6. The molecular weight excluding hydrogens is 248 g/mol. The van der Waals surface area contributed by atoms with Crippen molar-refractivity contribution in [2.75, 3.05) is 13.2 Å². The van der Waals surface area contributed by atoms with Crippen LogP contribution in [0.25, 0.3) is 0 Å². The molecule has 0 spiro atoms. The van der Waals surface area contributed by atoms with Gasteiger partial charge in [-0.2, -0.15) is 0 Å². The van der Waals surface area contributed by atoms with Gasteiger partial charge in [0.05, 0.1) is 6.61 Å². The van der Waals surface area contributed by atoms with Crippen molar-refractivity contribution in [2.24, 2.45) is 5.73 Å². The van der Waals surface area contributed by atoms with Gasteiger partial charge in [0.1, 0.15) is 5.60 Å². The molecule has 0 fully saturated rings. The number of amides is 2. The number of carbonyl (C=O) groups excluding carboxylic acids is 2. The molecule has 0 aliphatic heterocycles. The van der Waals surface area contributed by atoms with Crippen LogP contribution in [0, 0.1) is 0 Å². The van der Waals surface area contributed by atoms with Gasteiger partial charge in [-0.1, -0.05) is 0 Å². The molecule has 0 aromatic rings. The second kappa shape index (κ2) is 7.33. The summed E-state index contributed by atoms with van der Waals surface area (Å²) in [6.45, 7) is 9.95. The van der Waals surface area contributed by atoms with Crippen molar-refractivity contribution in [3.05, 3.63) is 0 Å².